The fourth-order valence-electron chi connectivity index (χ4n) is 4.51. The third-order valence-electron chi connectivity index (χ3n) is 5.62. The van der Waals surface area contributed by atoms with Gasteiger partial charge in [-0.25, -0.2) is 0 Å². The van der Waals surface area contributed by atoms with Crippen molar-refractivity contribution in [2.45, 2.75) is 75.9 Å². The monoisotopic (exact) mass is 348 g/mol. The van der Waals surface area contributed by atoms with E-state index in [2.05, 4.69) is 0 Å². The summed E-state index contributed by atoms with van der Waals surface area (Å²) in [6.07, 6.45) is -11.5. The molecule has 2 aliphatic rings. The molecule has 8 heteroatoms. The van der Waals surface area contributed by atoms with Crippen molar-refractivity contribution in [3.8, 4) is 0 Å². The minimum absolute atomic E-state index is 0.0844. The van der Waals surface area contributed by atoms with E-state index in [9.17, 15) is 36.6 Å². The zero-order valence-corrected chi connectivity index (χ0v) is 12.7. The molecule has 0 atom stereocenters. The lowest BCUT2D eigenvalue weighted by Crippen LogP contribution is -2.61. The van der Waals surface area contributed by atoms with Gasteiger partial charge in [-0.1, -0.05) is 19.3 Å². The highest BCUT2D eigenvalue weighted by atomic mass is 19.4. The first kappa shape index (κ1) is 18.8. The molecule has 2 nitrogen and oxygen atoms in total. The molecule has 0 amide bonds. The van der Waals surface area contributed by atoms with E-state index in [1.54, 1.807) is 0 Å². The van der Waals surface area contributed by atoms with E-state index in [4.69, 9.17) is 0 Å². The van der Waals surface area contributed by atoms with Crippen molar-refractivity contribution in [3.63, 3.8) is 0 Å². The van der Waals surface area contributed by atoms with Gasteiger partial charge >= 0.3 is 12.4 Å². The van der Waals surface area contributed by atoms with E-state index < -0.39 is 61.1 Å². The quantitative estimate of drug-likeness (QED) is 0.568. The third kappa shape index (κ3) is 3.34. The molecule has 0 aromatic rings. The fourth-order valence-corrected chi connectivity index (χ4v) is 4.51. The van der Waals surface area contributed by atoms with Crippen LogP contribution in [0.1, 0.15) is 57.8 Å². The summed E-state index contributed by atoms with van der Waals surface area (Å²) >= 11 is 0. The first-order chi connectivity index (χ1) is 10.4. The Balaban J connectivity index is 2.45. The molecule has 0 aromatic heterocycles. The summed E-state index contributed by atoms with van der Waals surface area (Å²) in [4.78, 5) is 0. The zero-order valence-electron chi connectivity index (χ0n) is 12.7. The van der Waals surface area contributed by atoms with Crippen LogP contribution in [0.15, 0.2) is 0 Å². The van der Waals surface area contributed by atoms with E-state index in [1.807, 2.05) is 0 Å². The van der Waals surface area contributed by atoms with Gasteiger partial charge in [0.05, 0.1) is 0 Å². The molecule has 136 valence electrons. The summed E-state index contributed by atoms with van der Waals surface area (Å²) in [5.41, 5.74) is -3.74. The maximum Gasteiger partial charge on any atom is 0.403 e. The lowest BCUT2D eigenvalue weighted by atomic mass is 9.57. The number of hydrogen-bond donors (Lipinski definition) is 2. The number of hydrogen-bond acceptors (Lipinski definition) is 2. The van der Waals surface area contributed by atoms with Gasteiger partial charge in [-0.05, 0) is 37.5 Å². The average Bonchev–Trinajstić information content (AvgIpc) is 2.39. The topological polar surface area (TPSA) is 40.5 Å². The Bertz CT molecular complexity index is 385. The maximum absolute atomic E-state index is 13.8. The molecule has 0 aliphatic heterocycles. The standard InChI is InChI=1S/C15H22F6O2/c16-14(17,18)13(15(19,20)21,10-4-2-1-3-5-10)11-6-8-12(22,23)9-7-11/h10-11,22-23H,1-9H2. The molecule has 23 heavy (non-hydrogen) atoms. The van der Waals surface area contributed by atoms with Gasteiger partial charge in [0.2, 0.25) is 0 Å². The van der Waals surface area contributed by atoms with Crippen molar-refractivity contribution in [2.24, 2.45) is 17.3 Å². The number of rotatable bonds is 2. The molecular formula is C15H22F6O2. The highest BCUT2D eigenvalue weighted by molar-refractivity contribution is 5.04. The molecule has 0 heterocycles. The molecule has 0 aromatic carbocycles. The van der Waals surface area contributed by atoms with Crippen molar-refractivity contribution in [1.29, 1.82) is 0 Å². The molecule has 2 saturated carbocycles. The first-order valence-corrected chi connectivity index (χ1v) is 8.00. The van der Waals surface area contributed by atoms with Crippen LogP contribution in [0.25, 0.3) is 0 Å². The van der Waals surface area contributed by atoms with Gasteiger partial charge in [-0.2, -0.15) is 26.3 Å². The lowest BCUT2D eigenvalue weighted by Gasteiger charge is -2.51. The molecular weight excluding hydrogens is 326 g/mol. The van der Waals surface area contributed by atoms with Crippen LogP contribution in [0.4, 0.5) is 26.3 Å². The largest absolute Gasteiger partial charge is 0.403 e. The van der Waals surface area contributed by atoms with Crippen molar-refractivity contribution in [3.05, 3.63) is 0 Å². The lowest BCUT2D eigenvalue weighted by molar-refractivity contribution is -0.385. The van der Waals surface area contributed by atoms with Crippen LogP contribution in [0.5, 0.6) is 0 Å². The number of alkyl halides is 6. The molecule has 0 radical (unpaired) electrons. The van der Waals surface area contributed by atoms with E-state index in [0.717, 1.165) is 0 Å². The molecule has 0 spiro atoms. The molecule has 0 bridgehead atoms. The Hall–Kier alpha value is -0.500. The van der Waals surface area contributed by atoms with Gasteiger partial charge in [0.15, 0.2) is 11.2 Å². The van der Waals surface area contributed by atoms with Gasteiger partial charge in [0, 0.05) is 12.8 Å². The number of aliphatic hydroxyl groups is 2. The van der Waals surface area contributed by atoms with Crippen LogP contribution in [0, 0.1) is 17.3 Å². The predicted molar refractivity (Wildman–Crippen MR) is 70.2 cm³/mol. The van der Waals surface area contributed by atoms with E-state index in [1.165, 1.54) is 0 Å². The normalized spacial score (nSPS) is 25.6. The van der Waals surface area contributed by atoms with Crippen molar-refractivity contribution >= 4 is 0 Å². The fraction of sp³-hybridized carbons (Fsp3) is 1.00. The van der Waals surface area contributed by atoms with Crippen LogP contribution in [-0.2, 0) is 0 Å². The highest BCUT2D eigenvalue weighted by Gasteiger charge is 2.76. The zero-order chi connectivity index (χ0) is 17.5. The summed E-state index contributed by atoms with van der Waals surface area (Å²) in [5, 5.41) is 18.9. The Morgan fingerprint density at radius 2 is 1.04 bits per heavy atom. The smallest absolute Gasteiger partial charge is 0.366 e. The van der Waals surface area contributed by atoms with E-state index >= 15 is 0 Å². The summed E-state index contributed by atoms with van der Waals surface area (Å²) in [6, 6.07) is 0. The average molecular weight is 348 g/mol. The second-order valence-corrected chi connectivity index (χ2v) is 6.96. The van der Waals surface area contributed by atoms with Crippen molar-refractivity contribution < 1.29 is 36.6 Å². The van der Waals surface area contributed by atoms with Crippen molar-refractivity contribution in [2.75, 3.05) is 0 Å². The van der Waals surface area contributed by atoms with E-state index in [0.29, 0.717) is 19.3 Å². The summed E-state index contributed by atoms with van der Waals surface area (Å²) < 4.78 is 82.7. The molecule has 2 fully saturated rings. The molecule has 2 aliphatic carbocycles. The highest BCUT2D eigenvalue weighted by Crippen LogP contribution is 2.64. The molecule has 2 N–H and O–H groups in total. The molecule has 0 unspecified atom stereocenters. The summed E-state index contributed by atoms with van der Waals surface area (Å²) in [5.74, 6) is -5.30. The van der Waals surface area contributed by atoms with Crippen LogP contribution in [0.3, 0.4) is 0 Å². The summed E-state index contributed by atoms with van der Waals surface area (Å²) in [6.45, 7) is 0. The predicted octanol–water partition coefficient (Wildman–Crippen LogP) is 4.55. The minimum Gasteiger partial charge on any atom is -0.366 e. The third-order valence-corrected chi connectivity index (χ3v) is 5.62. The summed E-state index contributed by atoms with van der Waals surface area (Å²) in [7, 11) is 0. The second-order valence-electron chi connectivity index (χ2n) is 6.96. The molecule has 0 saturated heterocycles. The van der Waals surface area contributed by atoms with Gasteiger partial charge in [-0.15, -0.1) is 0 Å². The van der Waals surface area contributed by atoms with E-state index in [-0.39, 0.29) is 12.8 Å². The van der Waals surface area contributed by atoms with Crippen LogP contribution < -0.4 is 0 Å². The Labute approximate surface area is 130 Å². The minimum atomic E-state index is -5.40. The van der Waals surface area contributed by atoms with Crippen LogP contribution in [-0.4, -0.2) is 28.4 Å². The first-order valence-electron chi connectivity index (χ1n) is 8.00. The Kier molecular flexibility index (Phi) is 4.99. The van der Waals surface area contributed by atoms with Gasteiger partial charge in [-0.3, -0.25) is 0 Å². The SMILES string of the molecule is OC1(O)CCC(C(C2CCCCC2)(C(F)(F)F)C(F)(F)F)CC1. The second kappa shape index (κ2) is 6.10. The number of halogens is 6. The van der Waals surface area contributed by atoms with Gasteiger partial charge in [0.1, 0.15) is 0 Å². The Morgan fingerprint density at radius 1 is 0.652 bits per heavy atom. The van der Waals surface area contributed by atoms with Gasteiger partial charge in [0.25, 0.3) is 0 Å². The van der Waals surface area contributed by atoms with Crippen LogP contribution >= 0.6 is 0 Å². The van der Waals surface area contributed by atoms with Gasteiger partial charge < -0.3 is 10.2 Å². The molecule has 2 rings (SSSR count). The van der Waals surface area contributed by atoms with Crippen LogP contribution in [0.2, 0.25) is 0 Å². The Morgan fingerprint density at radius 3 is 1.43 bits per heavy atom. The maximum atomic E-state index is 13.8. The van der Waals surface area contributed by atoms with Crippen molar-refractivity contribution in [1.82, 2.24) is 0 Å².